The lowest BCUT2D eigenvalue weighted by Gasteiger charge is -2.26. The highest BCUT2D eigenvalue weighted by Crippen LogP contribution is 2.20. The molecule has 0 aromatic heterocycles. The van der Waals surface area contributed by atoms with Crippen LogP contribution in [0, 0.1) is 0 Å². The largest absolute Gasteiger partial charge is 0.486 e. The van der Waals surface area contributed by atoms with Crippen LogP contribution in [0.5, 0.6) is 5.75 Å². The Morgan fingerprint density at radius 2 is 2.05 bits per heavy atom. The molecule has 0 bridgehead atoms. The molecule has 21 heavy (non-hydrogen) atoms. The molecule has 0 saturated carbocycles. The summed E-state index contributed by atoms with van der Waals surface area (Å²) in [6, 6.07) is 6.72. The average Bonchev–Trinajstić information content (AvgIpc) is 2.46. The second-order valence-corrected chi connectivity index (χ2v) is 7.04. The maximum absolute atomic E-state index is 12.3. The lowest BCUT2D eigenvalue weighted by molar-refractivity contribution is 0.349. The SMILES string of the molecule is NC(=S)COc1cccc(NS(=O)(=O)N2CCCCC2)c1. The number of rotatable bonds is 6. The number of nitrogens with one attached hydrogen (secondary N) is 1. The molecule has 8 heteroatoms. The minimum atomic E-state index is -3.51. The van der Waals surface area contributed by atoms with Crippen LogP contribution in [0.2, 0.25) is 0 Å². The third-order valence-corrected chi connectivity index (χ3v) is 4.77. The number of thiocarbonyl (C=S) groups is 1. The van der Waals surface area contributed by atoms with Crippen molar-refractivity contribution < 1.29 is 13.2 Å². The molecule has 0 amide bonds. The molecule has 1 heterocycles. The molecule has 1 aliphatic rings. The van der Waals surface area contributed by atoms with E-state index in [4.69, 9.17) is 22.7 Å². The third kappa shape index (κ3) is 4.83. The van der Waals surface area contributed by atoms with E-state index in [0.717, 1.165) is 19.3 Å². The number of hydrogen-bond donors (Lipinski definition) is 2. The monoisotopic (exact) mass is 329 g/mol. The van der Waals surface area contributed by atoms with Crippen LogP contribution in [-0.4, -0.2) is 37.4 Å². The fourth-order valence-electron chi connectivity index (χ4n) is 2.12. The van der Waals surface area contributed by atoms with E-state index in [2.05, 4.69) is 4.72 Å². The van der Waals surface area contributed by atoms with Gasteiger partial charge in [-0.1, -0.05) is 24.7 Å². The standard InChI is InChI=1S/C13H19N3O3S2/c14-13(20)10-19-12-6-4-5-11(9-12)15-21(17,18)16-7-2-1-3-8-16/h4-6,9,15H,1-3,7-8,10H2,(H2,14,20). The maximum atomic E-state index is 12.3. The van der Waals surface area contributed by atoms with E-state index < -0.39 is 10.2 Å². The summed E-state index contributed by atoms with van der Waals surface area (Å²) in [6.45, 7) is 1.25. The zero-order valence-corrected chi connectivity index (χ0v) is 13.3. The Balaban J connectivity index is 2.04. The molecular weight excluding hydrogens is 310 g/mol. The van der Waals surface area contributed by atoms with Crippen molar-refractivity contribution in [2.45, 2.75) is 19.3 Å². The van der Waals surface area contributed by atoms with Gasteiger partial charge in [-0.05, 0) is 25.0 Å². The van der Waals surface area contributed by atoms with E-state index in [0.29, 0.717) is 24.5 Å². The normalized spacial score (nSPS) is 16.4. The Bertz CT molecular complexity index is 598. The minimum Gasteiger partial charge on any atom is -0.486 e. The van der Waals surface area contributed by atoms with Crippen LogP contribution in [0.1, 0.15) is 19.3 Å². The summed E-state index contributed by atoms with van der Waals surface area (Å²) < 4.78 is 33.9. The maximum Gasteiger partial charge on any atom is 0.301 e. The van der Waals surface area contributed by atoms with Crippen LogP contribution in [-0.2, 0) is 10.2 Å². The quantitative estimate of drug-likeness (QED) is 0.773. The van der Waals surface area contributed by atoms with Gasteiger partial charge in [-0.2, -0.15) is 12.7 Å². The first-order valence-corrected chi connectivity index (χ1v) is 8.61. The van der Waals surface area contributed by atoms with Crippen molar-refractivity contribution in [2.24, 2.45) is 5.73 Å². The number of hydrogen-bond acceptors (Lipinski definition) is 4. The number of ether oxygens (including phenoxy) is 1. The van der Waals surface area contributed by atoms with Crippen LogP contribution in [0.25, 0.3) is 0 Å². The molecule has 2 rings (SSSR count). The first kappa shape index (κ1) is 16.0. The summed E-state index contributed by atoms with van der Waals surface area (Å²) in [4.78, 5) is 0.245. The molecule has 1 aliphatic heterocycles. The van der Waals surface area contributed by atoms with Crippen LogP contribution < -0.4 is 15.2 Å². The van der Waals surface area contributed by atoms with E-state index in [-0.39, 0.29) is 11.6 Å². The second-order valence-electron chi connectivity index (χ2n) is 4.85. The van der Waals surface area contributed by atoms with Crippen molar-refractivity contribution in [2.75, 3.05) is 24.4 Å². The van der Waals surface area contributed by atoms with Gasteiger partial charge < -0.3 is 10.5 Å². The lowest BCUT2D eigenvalue weighted by Crippen LogP contribution is -2.39. The topological polar surface area (TPSA) is 84.7 Å². The molecule has 6 nitrogen and oxygen atoms in total. The third-order valence-electron chi connectivity index (χ3n) is 3.12. The van der Waals surface area contributed by atoms with Gasteiger partial charge in [-0.3, -0.25) is 4.72 Å². The molecule has 1 saturated heterocycles. The summed E-state index contributed by atoms with van der Waals surface area (Å²) in [5.41, 5.74) is 5.83. The van der Waals surface area contributed by atoms with Gasteiger partial charge in [0.25, 0.3) is 0 Å². The van der Waals surface area contributed by atoms with E-state index in [9.17, 15) is 8.42 Å². The van der Waals surface area contributed by atoms with Crippen molar-refractivity contribution in [1.29, 1.82) is 0 Å². The predicted octanol–water partition coefficient (Wildman–Crippen LogP) is 1.49. The van der Waals surface area contributed by atoms with E-state index in [1.165, 1.54) is 4.31 Å². The van der Waals surface area contributed by atoms with Crippen LogP contribution >= 0.6 is 12.2 Å². The van der Waals surface area contributed by atoms with Crippen LogP contribution in [0.4, 0.5) is 5.69 Å². The second kappa shape index (κ2) is 7.06. The van der Waals surface area contributed by atoms with Gasteiger partial charge in [0.05, 0.1) is 5.69 Å². The van der Waals surface area contributed by atoms with Crippen molar-refractivity contribution >= 4 is 33.1 Å². The zero-order valence-electron chi connectivity index (χ0n) is 11.6. The molecule has 0 atom stereocenters. The molecule has 1 aromatic carbocycles. The number of anilines is 1. The Morgan fingerprint density at radius 3 is 2.71 bits per heavy atom. The Kier molecular flexibility index (Phi) is 5.38. The molecule has 0 spiro atoms. The Labute approximate surface area is 130 Å². The van der Waals surface area contributed by atoms with Crippen molar-refractivity contribution in [3.05, 3.63) is 24.3 Å². The van der Waals surface area contributed by atoms with Crippen molar-refractivity contribution in [3.63, 3.8) is 0 Å². The summed E-state index contributed by atoms with van der Waals surface area (Å²) in [5, 5.41) is 0. The summed E-state index contributed by atoms with van der Waals surface area (Å²) >= 11 is 4.74. The van der Waals surface area contributed by atoms with Gasteiger partial charge in [-0.15, -0.1) is 0 Å². The highest BCUT2D eigenvalue weighted by atomic mass is 32.2. The highest BCUT2D eigenvalue weighted by Gasteiger charge is 2.23. The van der Waals surface area contributed by atoms with Gasteiger partial charge in [-0.25, -0.2) is 0 Å². The Hall–Kier alpha value is -1.38. The van der Waals surface area contributed by atoms with Gasteiger partial charge in [0.15, 0.2) is 0 Å². The predicted molar refractivity (Wildman–Crippen MR) is 86.7 cm³/mol. The molecule has 3 N–H and O–H groups in total. The fraction of sp³-hybridized carbons (Fsp3) is 0.462. The van der Waals surface area contributed by atoms with Crippen LogP contribution in [0.15, 0.2) is 24.3 Å². The number of benzene rings is 1. The van der Waals surface area contributed by atoms with Gasteiger partial charge >= 0.3 is 10.2 Å². The van der Waals surface area contributed by atoms with Gasteiger partial charge in [0, 0.05) is 19.2 Å². The van der Waals surface area contributed by atoms with Gasteiger partial charge in [0.1, 0.15) is 17.3 Å². The number of piperidine rings is 1. The molecule has 1 fully saturated rings. The van der Waals surface area contributed by atoms with E-state index >= 15 is 0 Å². The summed E-state index contributed by atoms with van der Waals surface area (Å²) in [7, 11) is -3.51. The smallest absolute Gasteiger partial charge is 0.301 e. The van der Waals surface area contributed by atoms with E-state index in [1.807, 2.05) is 0 Å². The molecule has 0 radical (unpaired) electrons. The molecular formula is C13H19N3O3S2. The first-order valence-electron chi connectivity index (χ1n) is 6.76. The minimum absolute atomic E-state index is 0.123. The highest BCUT2D eigenvalue weighted by molar-refractivity contribution is 7.90. The fourth-order valence-corrected chi connectivity index (χ4v) is 3.47. The van der Waals surface area contributed by atoms with E-state index in [1.54, 1.807) is 24.3 Å². The van der Waals surface area contributed by atoms with Crippen molar-refractivity contribution in [3.8, 4) is 5.75 Å². The number of nitrogens with zero attached hydrogens (tertiary/aromatic N) is 1. The average molecular weight is 329 g/mol. The number of nitrogens with two attached hydrogens (primary N) is 1. The summed E-state index contributed by atoms with van der Waals surface area (Å²) in [6.07, 6.45) is 2.88. The Morgan fingerprint density at radius 1 is 1.33 bits per heavy atom. The molecule has 0 unspecified atom stereocenters. The molecule has 1 aromatic rings. The molecule has 116 valence electrons. The molecule has 0 aliphatic carbocycles. The first-order chi connectivity index (χ1) is 9.97. The zero-order chi connectivity index (χ0) is 15.3. The van der Waals surface area contributed by atoms with Crippen LogP contribution in [0.3, 0.4) is 0 Å². The van der Waals surface area contributed by atoms with Gasteiger partial charge in [0.2, 0.25) is 0 Å². The summed E-state index contributed by atoms with van der Waals surface area (Å²) in [5.74, 6) is 0.515. The van der Waals surface area contributed by atoms with Crippen molar-refractivity contribution in [1.82, 2.24) is 4.31 Å². The lowest BCUT2D eigenvalue weighted by atomic mass is 10.2.